The number of ketones is 1. The molecule has 0 aliphatic carbocycles. The molecule has 28 heavy (non-hydrogen) atoms. The van der Waals surface area contributed by atoms with Gasteiger partial charge in [-0.15, -0.1) is 0 Å². The fraction of sp³-hybridized carbons (Fsp3) is 0.316. The molecule has 2 aromatic rings. The third-order valence-corrected chi connectivity index (χ3v) is 7.68. The Morgan fingerprint density at radius 3 is 2.04 bits per heavy atom. The van der Waals surface area contributed by atoms with Crippen molar-refractivity contribution in [2.75, 3.05) is 13.2 Å². The third kappa shape index (κ3) is 5.37. The molecule has 2 rings (SSSR count). The first kappa shape index (κ1) is 22.5. The maximum absolute atomic E-state index is 13.3. The smallest absolute Gasteiger partial charge is 0.307 e. The molecule has 0 spiro atoms. The second-order valence-electron chi connectivity index (χ2n) is 5.94. The van der Waals surface area contributed by atoms with Crippen LogP contribution in [0.15, 0.2) is 59.5 Å². The number of hydrogen-bond donors (Lipinski definition) is 1. The van der Waals surface area contributed by atoms with E-state index in [1.165, 1.54) is 24.3 Å². The molecule has 1 N–H and O–H groups in total. The van der Waals surface area contributed by atoms with Crippen molar-refractivity contribution in [3.63, 3.8) is 0 Å². The van der Waals surface area contributed by atoms with Crippen LogP contribution >= 0.6 is 7.60 Å². The molecular weight excluding hydrogens is 401 g/mol. The average Bonchev–Trinajstić information content (AvgIpc) is 2.67. The van der Waals surface area contributed by atoms with Gasteiger partial charge in [-0.1, -0.05) is 48.0 Å². The van der Waals surface area contributed by atoms with Crippen LogP contribution in [0, 0.1) is 6.92 Å². The second kappa shape index (κ2) is 9.58. The summed E-state index contributed by atoms with van der Waals surface area (Å²) in [5, 5.41) is 0. The molecule has 1 unspecified atom stereocenters. The summed E-state index contributed by atoms with van der Waals surface area (Å²) in [6.45, 7) is 4.97. The summed E-state index contributed by atoms with van der Waals surface area (Å²) in [5.74, 6) is -2.40. The van der Waals surface area contributed by atoms with Crippen LogP contribution in [0.2, 0.25) is 0 Å². The largest absolute Gasteiger partial charge is 0.356 e. The summed E-state index contributed by atoms with van der Waals surface area (Å²) in [6, 6.07) is 14.1. The first-order valence-corrected chi connectivity index (χ1v) is 11.9. The summed E-state index contributed by atoms with van der Waals surface area (Å²) in [4.78, 5) is 13.0. The number of hydrogen-bond acceptors (Lipinski definition) is 6. The Balaban J connectivity index is 2.49. The lowest BCUT2D eigenvalue weighted by atomic mass is 10.1. The van der Waals surface area contributed by atoms with Crippen molar-refractivity contribution in [2.45, 2.75) is 31.4 Å². The summed E-state index contributed by atoms with van der Waals surface area (Å²) in [6.07, 6.45) is 0. The molecule has 0 bridgehead atoms. The molecular formula is C19H24NO6PS. The Bertz CT molecular complexity index is 934. The van der Waals surface area contributed by atoms with Crippen molar-refractivity contribution in [3.05, 3.63) is 65.7 Å². The molecule has 1 atom stereocenters. The number of nitrogens with one attached hydrogen (secondary N) is 1. The minimum Gasteiger partial charge on any atom is -0.307 e. The van der Waals surface area contributed by atoms with Gasteiger partial charge in [-0.25, -0.2) is 8.42 Å². The Morgan fingerprint density at radius 1 is 1.00 bits per heavy atom. The van der Waals surface area contributed by atoms with Gasteiger partial charge in [0.15, 0.2) is 11.6 Å². The maximum atomic E-state index is 13.3. The lowest BCUT2D eigenvalue weighted by Crippen LogP contribution is -2.41. The van der Waals surface area contributed by atoms with Crippen molar-refractivity contribution in [1.29, 1.82) is 0 Å². The highest BCUT2D eigenvalue weighted by Crippen LogP contribution is 2.53. The quantitative estimate of drug-likeness (QED) is 0.460. The molecule has 0 heterocycles. The summed E-state index contributed by atoms with van der Waals surface area (Å²) in [7, 11) is -8.27. The van der Waals surface area contributed by atoms with E-state index in [9.17, 15) is 17.8 Å². The van der Waals surface area contributed by atoms with Crippen LogP contribution in [0.4, 0.5) is 0 Å². The standard InChI is InChI=1S/C19H24NO6PS/c1-4-25-27(22,26-5-2)19(18(21)16-9-7-6-8-10-16)20-28(23,24)17-13-11-15(3)12-14-17/h6-14,19-20H,4-5H2,1-3H3. The van der Waals surface area contributed by atoms with E-state index in [-0.39, 0.29) is 23.7 Å². The number of sulfonamides is 1. The van der Waals surface area contributed by atoms with Gasteiger partial charge in [-0.05, 0) is 32.9 Å². The molecule has 152 valence electrons. The van der Waals surface area contributed by atoms with Gasteiger partial charge in [0, 0.05) is 5.56 Å². The van der Waals surface area contributed by atoms with Crippen LogP contribution in [0.25, 0.3) is 0 Å². The predicted octanol–water partition coefficient (Wildman–Crippen LogP) is 3.75. The monoisotopic (exact) mass is 425 g/mol. The molecule has 0 radical (unpaired) electrons. The molecule has 0 fully saturated rings. The van der Waals surface area contributed by atoms with Crippen molar-refractivity contribution in [3.8, 4) is 0 Å². The fourth-order valence-electron chi connectivity index (χ4n) is 2.50. The van der Waals surface area contributed by atoms with Gasteiger partial charge >= 0.3 is 7.60 Å². The van der Waals surface area contributed by atoms with Crippen LogP contribution < -0.4 is 4.72 Å². The molecule has 0 amide bonds. The van der Waals surface area contributed by atoms with Gasteiger partial charge in [0.2, 0.25) is 10.0 Å². The SMILES string of the molecule is CCOP(=O)(OCC)C(NS(=O)(=O)c1ccc(C)cc1)C(=O)c1ccccc1. The number of Topliss-reactive ketones (excluding diaryl/α,β-unsaturated/α-hetero) is 1. The minimum absolute atomic E-state index is 0.0118. The Labute approximate surface area is 165 Å². The highest BCUT2D eigenvalue weighted by Gasteiger charge is 2.44. The van der Waals surface area contributed by atoms with E-state index >= 15 is 0 Å². The van der Waals surface area contributed by atoms with Crippen molar-refractivity contribution >= 4 is 23.4 Å². The van der Waals surface area contributed by atoms with E-state index in [0.717, 1.165) is 5.56 Å². The van der Waals surface area contributed by atoms with Crippen LogP contribution in [0.1, 0.15) is 29.8 Å². The number of aryl methyl sites for hydroxylation is 1. The van der Waals surface area contributed by atoms with Gasteiger partial charge in [-0.3, -0.25) is 9.36 Å². The molecule has 0 aromatic heterocycles. The highest BCUT2D eigenvalue weighted by atomic mass is 32.2. The van der Waals surface area contributed by atoms with Gasteiger partial charge < -0.3 is 9.05 Å². The van der Waals surface area contributed by atoms with Crippen molar-refractivity contribution in [2.24, 2.45) is 0 Å². The van der Waals surface area contributed by atoms with Crippen LogP contribution in [-0.4, -0.2) is 33.2 Å². The molecule has 0 saturated heterocycles. The lowest BCUT2D eigenvalue weighted by Gasteiger charge is -2.26. The predicted molar refractivity (Wildman–Crippen MR) is 107 cm³/mol. The Morgan fingerprint density at radius 2 is 1.54 bits per heavy atom. The van der Waals surface area contributed by atoms with Gasteiger partial charge in [0.1, 0.15) is 0 Å². The summed E-state index contributed by atoms with van der Waals surface area (Å²) in [5.41, 5.74) is 1.07. The maximum Gasteiger partial charge on any atom is 0.356 e. The topological polar surface area (TPSA) is 98.8 Å². The van der Waals surface area contributed by atoms with Gasteiger partial charge in [0.25, 0.3) is 0 Å². The van der Waals surface area contributed by atoms with E-state index in [0.29, 0.717) is 0 Å². The van der Waals surface area contributed by atoms with E-state index in [1.807, 2.05) is 6.92 Å². The molecule has 0 aliphatic rings. The molecule has 7 nitrogen and oxygen atoms in total. The van der Waals surface area contributed by atoms with Gasteiger partial charge in [-0.2, -0.15) is 4.72 Å². The zero-order valence-corrected chi connectivity index (χ0v) is 17.7. The summed E-state index contributed by atoms with van der Waals surface area (Å²) >= 11 is 0. The molecule has 0 saturated carbocycles. The van der Waals surface area contributed by atoms with Crippen LogP contribution in [0.3, 0.4) is 0 Å². The van der Waals surface area contributed by atoms with Crippen LogP contribution in [-0.2, 0) is 23.6 Å². The number of carbonyl (C=O) groups is 1. The first-order valence-electron chi connectivity index (χ1n) is 8.80. The Hall–Kier alpha value is -1.83. The second-order valence-corrected chi connectivity index (χ2v) is 9.77. The number of benzene rings is 2. The molecule has 0 aliphatic heterocycles. The van der Waals surface area contributed by atoms with E-state index in [1.54, 1.807) is 44.2 Å². The lowest BCUT2D eigenvalue weighted by molar-refractivity contribution is 0.0962. The normalized spacial score (nSPS) is 13.2. The zero-order chi connectivity index (χ0) is 20.8. The van der Waals surface area contributed by atoms with E-state index in [2.05, 4.69) is 4.72 Å². The molecule has 2 aromatic carbocycles. The Kier molecular flexibility index (Phi) is 7.69. The average molecular weight is 425 g/mol. The first-order chi connectivity index (χ1) is 13.2. The molecule has 9 heteroatoms. The highest BCUT2D eigenvalue weighted by molar-refractivity contribution is 7.90. The third-order valence-electron chi connectivity index (χ3n) is 3.84. The van der Waals surface area contributed by atoms with E-state index in [4.69, 9.17) is 9.05 Å². The number of rotatable bonds is 10. The van der Waals surface area contributed by atoms with E-state index < -0.39 is 29.2 Å². The number of carbonyl (C=O) groups excluding carboxylic acids is 1. The van der Waals surface area contributed by atoms with Gasteiger partial charge in [0.05, 0.1) is 18.1 Å². The van der Waals surface area contributed by atoms with Crippen molar-refractivity contribution in [1.82, 2.24) is 4.72 Å². The van der Waals surface area contributed by atoms with Crippen LogP contribution in [0.5, 0.6) is 0 Å². The summed E-state index contributed by atoms with van der Waals surface area (Å²) < 4.78 is 51.8. The minimum atomic E-state index is -4.15. The van der Waals surface area contributed by atoms with Crippen molar-refractivity contribution < 1.29 is 26.8 Å². The zero-order valence-electron chi connectivity index (χ0n) is 16.0. The fourth-order valence-corrected chi connectivity index (χ4v) is 5.99.